The van der Waals surface area contributed by atoms with Crippen LogP contribution in [0.5, 0.6) is 0 Å². The second kappa shape index (κ2) is 8.10. The van der Waals surface area contributed by atoms with Crippen molar-refractivity contribution in [3.63, 3.8) is 0 Å². The molecule has 0 saturated heterocycles. The van der Waals surface area contributed by atoms with Crippen LogP contribution in [0.3, 0.4) is 0 Å². The third-order valence-corrected chi connectivity index (χ3v) is 2.50. The summed E-state index contributed by atoms with van der Waals surface area (Å²) in [5, 5.41) is 10.4. The van der Waals surface area contributed by atoms with Gasteiger partial charge in [-0.3, -0.25) is 15.1 Å². The number of nitro groups is 1. The average molecular weight is 296 g/mol. The van der Waals surface area contributed by atoms with Crippen molar-refractivity contribution in [1.29, 1.82) is 0 Å². The van der Waals surface area contributed by atoms with Gasteiger partial charge in [-0.1, -0.05) is 0 Å². The standard InChI is InChI=1S/C9H10N2O5S.K/c12-11(13)9-3-1-8(2-4-9)7-10-5-6-17(14,15)16;/h1-4,7H,5-6H2,(H,14,15,16);/q;+1/p-1. The van der Waals surface area contributed by atoms with Gasteiger partial charge >= 0.3 is 51.4 Å². The van der Waals surface area contributed by atoms with Gasteiger partial charge < -0.3 is 4.55 Å². The Balaban J connectivity index is 0.00000289. The first-order valence-corrected chi connectivity index (χ1v) is 6.14. The van der Waals surface area contributed by atoms with E-state index < -0.39 is 20.8 Å². The van der Waals surface area contributed by atoms with E-state index in [1.165, 1.54) is 30.5 Å². The summed E-state index contributed by atoms with van der Waals surface area (Å²) < 4.78 is 30.8. The van der Waals surface area contributed by atoms with Crippen molar-refractivity contribution < 1.29 is 69.3 Å². The Bertz CT molecular complexity index is 526. The number of hydrogen-bond acceptors (Lipinski definition) is 6. The van der Waals surface area contributed by atoms with Crippen molar-refractivity contribution in [2.75, 3.05) is 12.3 Å². The fourth-order valence-electron chi connectivity index (χ4n) is 1.02. The summed E-state index contributed by atoms with van der Waals surface area (Å²) in [5.74, 6) is -0.559. The van der Waals surface area contributed by atoms with Gasteiger partial charge in [-0.2, -0.15) is 0 Å². The van der Waals surface area contributed by atoms with Crippen LogP contribution in [0.25, 0.3) is 0 Å². The number of nitro benzene ring substituents is 1. The van der Waals surface area contributed by atoms with Gasteiger partial charge in [-0.25, -0.2) is 8.42 Å². The maximum absolute atomic E-state index is 10.4. The monoisotopic (exact) mass is 296 g/mol. The minimum Gasteiger partial charge on any atom is -0.748 e. The van der Waals surface area contributed by atoms with Gasteiger partial charge in [-0.15, -0.1) is 0 Å². The number of hydrogen-bond donors (Lipinski definition) is 0. The topological polar surface area (TPSA) is 113 Å². The summed E-state index contributed by atoms with van der Waals surface area (Å²) in [4.78, 5) is 13.6. The Morgan fingerprint density at radius 2 is 1.83 bits per heavy atom. The second-order valence-electron chi connectivity index (χ2n) is 3.15. The fourth-order valence-corrected chi connectivity index (χ4v) is 1.35. The molecular weight excluding hydrogens is 287 g/mol. The Morgan fingerprint density at radius 1 is 1.28 bits per heavy atom. The van der Waals surface area contributed by atoms with Gasteiger partial charge in [0, 0.05) is 18.3 Å². The molecule has 0 aromatic heterocycles. The Kier molecular flexibility index (Phi) is 8.02. The molecule has 7 nitrogen and oxygen atoms in total. The van der Waals surface area contributed by atoms with E-state index in [1.807, 2.05) is 0 Å². The van der Waals surface area contributed by atoms with Crippen molar-refractivity contribution in [3.8, 4) is 0 Å². The fraction of sp³-hybridized carbons (Fsp3) is 0.222. The van der Waals surface area contributed by atoms with Crippen LogP contribution in [-0.4, -0.2) is 36.4 Å². The van der Waals surface area contributed by atoms with Crippen LogP contribution in [0.15, 0.2) is 29.3 Å². The third-order valence-electron chi connectivity index (χ3n) is 1.81. The molecule has 0 fully saturated rings. The summed E-state index contributed by atoms with van der Waals surface area (Å²) in [5.41, 5.74) is 0.559. The van der Waals surface area contributed by atoms with Gasteiger partial charge in [-0.05, 0) is 17.7 Å². The minimum atomic E-state index is -4.25. The quantitative estimate of drug-likeness (QED) is 0.197. The summed E-state index contributed by atoms with van der Waals surface area (Å²) >= 11 is 0. The van der Waals surface area contributed by atoms with Crippen LogP contribution < -0.4 is 51.4 Å². The predicted octanol–water partition coefficient (Wildman–Crippen LogP) is -2.44. The first kappa shape index (κ1) is 17.8. The molecule has 0 atom stereocenters. The van der Waals surface area contributed by atoms with E-state index in [-0.39, 0.29) is 63.6 Å². The molecule has 1 aromatic carbocycles. The largest absolute Gasteiger partial charge is 1.00 e. The summed E-state index contributed by atoms with van der Waals surface area (Å²) in [6, 6.07) is 5.58. The summed E-state index contributed by atoms with van der Waals surface area (Å²) in [6.45, 7) is -0.122. The average Bonchev–Trinajstić information content (AvgIpc) is 2.24. The number of nitrogens with zero attached hydrogens (tertiary/aromatic N) is 2. The van der Waals surface area contributed by atoms with E-state index in [1.54, 1.807) is 0 Å². The zero-order chi connectivity index (χ0) is 12.9. The van der Waals surface area contributed by atoms with Gasteiger partial charge in [0.15, 0.2) is 0 Å². The molecule has 0 spiro atoms. The molecule has 18 heavy (non-hydrogen) atoms. The maximum Gasteiger partial charge on any atom is 1.00 e. The molecule has 0 heterocycles. The smallest absolute Gasteiger partial charge is 0.748 e. The SMILES string of the molecule is O=[N+]([O-])c1ccc(C=NCCS(=O)(=O)[O-])cc1.[K+]. The maximum atomic E-state index is 10.4. The van der Waals surface area contributed by atoms with E-state index in [9.17, 15) is 23.1 Å². The van der Waals surface area contributed by atoms with Gasteiger partial charge in [0.05, 0.1) is 27.3 Å². The van der Waals surface area contributed by atoms with E-state index in [2.05, 4.69) is 4.99 Å². The van der Waals surface area contributed by atoms with Crippen LogP contribution in [0.1, 0.15) is 5.56 Å². The Hall–Kier alpha value is -0.164. The Labute approximate surface area is 147 Å². The second-order valence-corrected chi connectivity index (χ2v) is 4.67. The van der Waals surface area contributed by atoms with Crippen molar-refractivity contribution in [2.24, 2.45) is 4.99 Å². The number of aliphatic imine (C=N–C) groups is 1. The molecule has 0 aliphatic carbocycles. The normalized spacial score (nSPS) is 11.2. The van der Waals surface area contributed by atoms with Gasteiger partial charge in [0.25, 0.3) is 5.69 Å². The van der Waals surface area contributed by atoms with Crippen molar-refractivity contribution in [2.45, 2.75) is 0 Å². The molecule has 9 heteroatoms. The van der Waals surface area contributed by atoms with Gasteiger partial charge in [0.2, 0.25) is 0 Å². The van der Waals surface area contributed by atoms with Crippen LogP contribution in [0.2, 0.25) is 0 Å². The molecule has 0 N–H and O–H groups in total. The predicted molar refractivity (Wildman–Crippen MR) is 60.1 cm³/mol. The number of benzene rings is 1. The molecule has 92 valence electrons. The van der Waals surface area contributed by atoms with E-state index in [4.69, 9.17) is 0 Å². The van der Waals surface area contributed by atoms with Crippen LogP contribution in [0.4, 0.5) is 5.69 Å². The molecule has 1 rings (SSSR count). The molecule has 0 bridgehead atoms. The molecule has 0 radical (unpaired) electrons. The molecule has 0 saturated carbocycles. The molecule has 0 amide bonds. The van der Waals surface area contributed by atoms with Crippen molar-refractivity contribution in [1.82, 2.24) is 0 Å². The first-order chi connectivity index (χ1) is 7.88. The van der Waals surface area contributed by atoms with Gasteiger partial charge in [0.1, 0.15) is 0 Å². The first-order valence-electron chi connectivity index (χ1n) is 4.56. The molecule has 1 aromatic rings. The van der Waals surface area contributed by atoms with Crippen LogP contribution in [-0.2, 0) is 10.1 Å². The molecular formula is C9H9KN2O5S. The number of non-ortho nitro benzene ring substituents is 1. The minimum absolute atomic E-state index is 0. The zero-order valence-electron chi connectivity index (χ0n) is 9.64. The summed E-state index contributed by atoms with van der Waals surface area (Å²) in [6.07, 6.45) is 1.36. The van der Waals surface area contributed by atoms with Crippen molar-refractivity contribution >= 4 is 22.0 Å². The molecule has 0 unspecified atom stereocenters. The third kappa shape index (κ3) is 7.31. The van der Waals surface area contributed by atoms with Crippen molar-refractivity contribution in [3.05, 3.63) is 39.9 Å². The zero-order valence-corrected chi connectivity index (χ0v) is 13.6. The summed E-state index contributed by atoms with van der Waals surface area (Å²) in [7, 11) is -4.25. The van der Waals surface area contributed by atoms with E-state index in [0.717, 1.165) is 0 Å². The van der Waals surface area contributed by atoms with E-state index in [0.29, 0.717) is 5.56 Å². The number of rotatable bonds is 5. The van der Waals surface area contributed by atoms with Crippen LogP contribution in [0, 0.1) is 10.1 Å². The molecule has 0 aliphatic rings. The van der Waals surface area contributed by atoms with E-state index >= 15 is 0 Å². The van der Waals surface area contributed by atoms with Crippen LogP contribution >= 0.6 is 0 Å². The Morgan fingerprint density at radius 3 is 2.28 bits per heavy atom. The molecule has 0 aliphatic heterocycles.